The van der Waals surface area contributed by atoms with Crippen molar-refractivity contribution in [3.05, 3.63) is 30.1 Å². The average Bonchev–Trinajstić information content (AvgIpc) is 2.94. The highest BCUT2D eigenvalue weighted by Gasteiger charge is 2.03. The summed E-state index contributed by atoms with van der Waals surface area (Å²) in [6.45, 7) is 1.99. The Kier molecular flexibility index (Phi) is 2.11. The Balaban J connectivity index is 2.01. The quantitative estimate of drug-likeness (QED) is 0.670. The second-order valence-electron chi connectivity index (χ2n) is 3.47. The second kappa shape index (κ2) is 3.74. The Morgan fingerprint density at radius 1 is 1.35 bits per heavy atom. The van der Waals surface area contributed by atoms with Crippen LogP contribution in [0.2, 0.25) is 0 Å². The van der Waals surface area contributed by atoms with Crippen LogP contribution in [-0.2, 0) is 0 Å². The summed E-state index contributed by atoms with van der Waals surface area (Å²) in [6, 6.07) is 5.79. The van der Waals surface area contributed by atoms with Crippen LogP contribution in [0.4, 0.5) is 5.95 Å². The maximum Gasteiger partial charge on any atom is 0.266 e. The number of aromatic nitrogens is 6. The van der Waals surface area contributed by atoms with Gasteiger partial charge in [0.15, 0.2) is 0 Å². The number of H-pyrrole nitrogens is 1. The van der Waals surface area contributed by atoms with Crippen molar-refractivity contribution in [2.24, 2.45) is 10.3 Å². The van der Waals surface area contributed by atoms with Gasteiger partial charge in [-0.2, -0.15) is 10.1 Å². The fraction of sp³-hybridized carbons (Fsp3) is 0.111. The van der Waals surface area contributed by atoms with E-state index in [1.807, 2.05) is 25.1 Å². The SMILES string of the molecule is Cc1ccc2c(c1)nnn2N=Nc1ncn[nH]1. The molecule has 84 valence electrons. The highest BCUT2D eigenvalue weighted by Crippen LogP contribution is 2.13. The fourth-order valence-corrected chi connectivity index (χ4v) is 1.42. The molecule has 3 aromatic rings. The number of fused-ring (bicyclic) bond motifs is 1. The van der Waals surface area contributed by atoms with E-state index in [9.17, 15) is 0 Å². The summed E-state index contributed by atoms with van der Waals surface area (Å²) >= 11 is 0. The number of hydrogen-bond acceptors (Lipinski definition) is 6. The highest BCUT2D eigenvalue weighted by atomic mass is 15.6. The fourth-order valence-electron chi connectivity index (χ4n) is 1.42. The van der Waals surface area contributed by atoms with Crippen molar-refractivity contribution in [2.45, 2.75) is 6.92 Å². The van der Waals surface area contributed by atoms with Gasteiger partial charge in [0.2, 0.25) is 0 Å². The zero-order valence-corrected chi connectivity index (χ0v) is 8.94. The summed E-state index contributed by atoms with van der Waals surface area (Å²) in [5.41, 5.74) is 2.69. The molecule has 0 fully saturated rings. The molecule has 0 aliphatic carbocycles. The Hall–Kier alpha value is -2.64. The molecule has 1 aromatic carbocycles. The van der Waals surface area contributed by atoms with Crippen molar-refractivity contribution in [1.82, 2.24) is 30.3 Å². The van der Waals surface area contributed by atoms with Crippen LogP contribution >= 0.6 is 0 Å². The van der Waals surface area contributed by atoms with Crippen molar-refractivity contribution in [3.63, 3.8) is 0 Å². The number of rotatable bonds is 2. The molecule has 0 aliphatic rings. The molecular formula is C9H8N8. The Bertz CT molecular complexity index is 665. The van der Waals surface area contributed by atoms with Crippen LogP contribution < -0.4 is 0 Å². The molecule has 1 N–H and O–H groups in total. The third-order valence-corrected chi connectivity index (χ3v) is 2.21. The smallest absolute Gasteiger partial charge is 0.242 e. The molecule has 8 nitrogen and oxygen atoms in total. The maximum atomic E-state index is 3.99. The minimum atomic E-state index is 0.320. The van der Waals surface area contributed by atoms with E-state index in [4.69, 9.17) is 0 Å². The first-order valence-electron chi connectivity index (χ1n) is 4.92. The van der Waals surface area contributed by atoms with E-state index in [2.05, 4.69) is 35.8 Å². The number of aromatic amines is 1. The normalized spacial score (nSPS) is 11.6. The molecule has 0 aliphatic heterocycles. The molecule has 8 heteroatoms. The summed E-state index contributed by atoms with van der Waals surface area (Å²) in [6.07, 6.45) is 1.36. The lowest BCUT2D eigenvalue weighted by Crippen LogP contribution is -1.89. The van der Waals surface area contributed by atoms with Crippen molar-refractivity contribution in [2.75, 3.05) is 0 Å². The van der Waals surface area contributed by atoms with Gasteiger partial charge in [-0.3, -0.25) is 0 Å². The topological polar surface area (TPSA) is 97.0 Å². The zero-order chi connectivity index (χ0) is 11.7. The van der Waals surface area contributed by atoms with Gasteiger partial charge in [-0.05, 0) is 35.1 Å². The molecular weight excluding hydrogens is 220 g/mol. The Morgan fingerprint density at radius 3 is 3.12 bits per heavy atom. The van der Waals surface area contributed by atoms with E-state index in [0.29, 0.717) is 5.95 Å². The molecule has 3 rings (SSSR count). The van der Waals surface area contributed by atoms with Crippen LogP contribution in [0.15, 0.2) is 34.9 Å². The average molecular weight is 228 g/mol. The summed E-state index contributed by atoms with van der Waals surface area (Å²) in [4.78, 5) is 5.17. The molecule has 0 saturated carbocycles. The van der Waals surface area contributed by atoms with Gasteiger partial charge in [-0.25, -0.2) is 5.10 Å². The predicted molar refractivity (Wildman–Crippen MR) is 58.6 cm³/mol. The number of nitrogens with zero attached hydrogens (tertiary/aromatic N) is 7. The van der Waals surface area contributed by atoms with Crippen LogP contribution in [-0.4, -0.2) is 30.3 Å². The minimum absolute atomic E-state index is 0.320. The first-order valence-corrected chi connectivity index (χ1v) is 4.92. The van der Waals surface area contributed by atoms with E-state index in [1.165, 1.54) is 11.1 Å². The summed E-state index contributed by atoms with van der Waals surface area (Å²) in [5, 5.41) is 21.8. The van der Waals surface area contributed by atoms with Crippen LogP contribution in [0.25, 0.3) is 11.0 Å². The van der Waals surface area contributed by atoms with Gasteiger partial charge in [-0.1, -0.05) is 11.2 Å². The molecule has 17 heavy (non-hydrogen) atoms. The lowest BCUT2D eigenvalue weighted by Gasteiger charge is -1.92. The van der Waals surface area contributed by atoms with Gasteiger partial charge >= 0.3 is 0 Å². The molecule has 0 radical (unpaired) electrons. The molecule has 0 bridgehead atoms. The molecule has 0 atom stereocenters. The van der Waals surface area contributed by atoms with Gasteiger partial charge in [0.25, 0.3) is 5.95 Å². The molecule has 0 amide bonds. The monoisotopic (exact) mass is 228 g/mol. The second-order valence-corrected chi connectivity index (χ2v) is 3.47. The van der Waals surface area contributed by atoms with Gasteiger partial charge in [0.1, 0.15) is 17.4 Å². The molecule has 2 heterocycles. The van der Waals surface area contributed by atoms with E-state index < -0.39 is 0 Å². The first-order chi connectivity index (χ1) is 8.33. The lowest BCUT2D eigenvalue weighted by atomic mass is 10.2. The summed E-state index contributed by atoms with van der Waals surface area (Å²) in [5.74, 6) is 0.320. The van der Waals surface area contributed by atoms with Crippen LogP contribution in [0.1, 0.15) is 5.56 Å². The van der Waals surface area contributed by atoms with Crippen molar-refractivity contribution in [1.29, 1.82) is 0 Å². The number of aryl methyl sites for hydroxylation is 1. The van der Waals surface area contributed by atoms with E-state index in [0.717, 1.165) is 16.6 Å². The van der Waals surface area contributed by atoms with Gasteiger partial charge in [-0.15, -0.1) is 9.89 Å². The maximum absolute atomic E-state index is 3.99. The van der Waals surface area contributed by atoms with Gasteiger partial charge in [0.05, 0.1) is 0 Å². The number of nitrogens with one attached hydrogen (secondary N) is 1. The number of benzene rings is 1. The minimum Gasteiger partial charge on any atom is -0.242 e. The lowest BCUT2D eigenvalue weighted by molar-refractivity contribution is 0.670. The van der Waals surface area contributed by atoms with Gasteiger partial charge in [0, 0.05) is 0 Å². The highest BCUT2D eigenvalue weighted by molar-refractivity contribution is 5.74. The Morgan fingerprint density at radius 2 is 2.29 bits per heavy atom. The van der Waals surface area contributed by atoms with Gasteiger partial charge < -0.3 is 0 Å². The van der Waals surface area contributed by atoms with Crippen LogP contribution in [0.5, 0.6) is 0 Å². The largest absolute Gasteiger partial charge is 0.266 e. The van der Waals surface area contributed by atoms with Crippen molar-refractivity contribution < 1.29 is 0 Å². The first kappa shape index (κ1) is 9.58. The molecule has 0 unspecified atom stereocenters. The molecule has 0 saturated heterocycles. The summed E-state index contributed by atoms with van der Waals surface area (Å²) < 4.78 is 0. The molecule has 0 spiro atoms. The van der Waals surface area contributed by atoms with Crippen molar-refractivity contribution >= 4 is 17.0 Å². The zero-order valence-electron chi connectivity index (χ0n) is 8.94. The predicted octanol–water partition coefficient (Wildman–Crippen LogP) is 1.40. The van der Waals surface area contributed by atoms with Crippen LogP contribution in [0, 0.1) is 6.92 Å². The van der Waals surface area contributed by atoms with E-state index >= 15 is 0 Å². The van der Waals surface area contributed by atoms with Crippen molar-refractivity contribution in [3.8, 4) is 0 Å². The number of hydrogen-bond donors (Lipinski definition) is 1. The van der Waals surface area contributed by atoms with E-state index in [1.54, 1.807) is 0 Å². The van der Waals surface area contributed by atoms with E-state index in [-0.39, 0.29) is 0 Å². The molecule has 2 aromatic heterocycles. The van der Waals surface area contributed by atoms with Crippen LogP contribution in [0.3, 0.4) is 0 Å². The summed E-state index contributed by atoms with van der Waals surface area (Å²) in [7, 11) is 0. The standard InChI is InChI=1S/C9H8N8/c1-6-2-3-8-7(4-6)12-15-17(8)16-14-9-10-5-11-13-9/h2-5H,1H3,(H,10,11,13). The Labute approximate surface area is 95.4 Å². The third-order valence-electron chi connectivity index (χ3n) is 2.21. The third kappa shape index (κ3) is 1.75.